The SMILES string of the molecule is COc1ccc(CCNC(=O)CNC(=O)c2ccccc2Cl)cc1OC. The second-order valence-electron chi connectivity index (χ2n) is 5.45. The number of hydrogen-bond acceptors (Lipinski definition) is 4. The van der Waals surface area contributed by atoms with Crippen LogP contribution in [-0.2, 0) is 11.2 Å². The number of amides is 2. The van der Waals surface area contributed by atoms with Gasteiger partial charge in [0.2, 0.25) is 5.91 Å². The van der Waals surface area contributed by atoms with Gasteiger partial charge in [-0.25, -0.2) is 0 Å². The molecule has 0 atom stereocenters. The van der Waals surface area contributed by atoms with Gasteiger partial charge >= 0.3 is 0 Å². The summed E-state index contributed by atoms with van der Waals surface area (Å²) < 4.78 is 10.4. The maximum absolute atomic E-state index is 12.0. The molecule has 0 spiro atoms. The van der Waals surface area contributed by atoms with Gasteiger partial charge in [0.05, 0.1) is 31.4 Å². The van der Waals surface area contributed by atoms with Crippen LogP contribution in [0, 0.1) is 0 Å². The first kappa shape index (κ1) is 19.6. The van der Waals surface area contributed by atoms with Crippen LogP contribution in [-0.4, -0.2) is 39.1 Å². The van der Waals surface area contributed by atoms with Crippen LogP contribution in [0.5, 0.6) is 11.5 Å². The monoisotopic (exact) mass is 376 g/mol. The van der Waals surface area contributed by atoms with Gasteiger partial charge in [-0.3, -0.25) is 9.59 Å². The molecule has 2 aromatic carbocycles. The van der Waals surface area contributed by atoms with E-state index < -0.39 is 0 Å². The third-order valence-corrected chi connectivity index (χ3v) is 4.04. The number of methoxy groups -OCH3 is 2. The van der Waals surface area contributed by atoms with Crippen molar-refractivity contribution >= 4 is 23.4 Å². The summed E-state index contributed by atoms with van der Waals surface area (Å²) in [5.74, 6) is 0.641. The Morgan fingerprint density at radius 1 is 1.00 bits per heavy atom. The van der Waals surface area contributed by atoms with E-state index in [0.29, 0.717) is 35.1 Å². The Labute approximate surface area is 157 Å². The highest BCUT2D eigenvalue weighted by Crippen LogP contribution is 2.27. The highest BCUT2D eigenvalue weighted by Gasteiger charge is 2.11. The fourth-order valence-corrected chi connectivity index (χ4v) is 2.57. The highest BCUT2D eigenvalue weighted by atomic mass is 35.5. The van der Waals surface area contributed by atoms with Gasteiger partial charge in [0.15, 0.2) is 11.5 Å². The Bertz CT molecular complexity index is 780. The molecule has 0 aliphatic heterocycles. The van der Waals surface area contributed by atoms with Crippen molar-refractivity contribution in [2.75, 3.05) is 27.3 Å². The summed E-state index contributed by atoms with van der Waals surface area (Å²) in [5, 5.41) is 5.66. The summed E-state index contributed by atoms with van der Waals surface area (Å²) in [6, 6.07) is 12.3. The second-order valence-corrected chi connectivity index (χ2v) is 5.86. The van der Waals surface area contributed by atoms with Crippen LogP contribution in [0.2, 0.25) is 5.02 Å². The Morgan fingerprint density at radius 2 is 1.73 bits per heavy atom. The van der Waals surface area contributed by atoms with E-state index in [2.05, 4.69) is 10.6 Å². The molecule has 0 fully saturated rings. The van der Waals surface area contributed by atoms with Gasteiger partial charge in [-0.05, 0) is 36.2 Å². The van der Waals surface area contributed by atoms with Crippen LogP contribution in [0.15, 0.2) is 42.5 Å². The minimum Gasteiger partial charge on any atom is -0.493 e. The van der Waals surface area contributed by atoms with Crippen molar-refractivity contribution in [3.8, 4) is 11.5 Å². The molecule has 0 saturated heterocycles. The fourth-order valence-electron chi connectivity index (χ4n) is 2.35. The lowest BCUT2D eigenvalue weighted by atomic mass is 10.1. The topological polar surface area (TPSA) is 76.7 Å². The minimum absolute atomic E-state index is 0.115. The predicted octanol–water partition coefficient (Wildman–Crippen LogP) is 2.45. The number of ether oxygens (including phenoxy) is 2. The van der Waals surface area contributed by atoms with Crippen molar-refractivity contribution < 1.29 is 19.1 Å². The fraction of sp³-hybridized carbons (Fsp3) is 0.263. The van der Waals surface area contributed by atoms with Crippen LogP contribution in [0.1, 0.15) is 15.9 Å². The number of carbonyl (C=O) groups excluding carboxylic acids is 2. The molecule has 2 rings (SSSR count). The van der Waals surface area contributed by atoms with Crippen molar-refractivity contribution in [2.45, 2.75) is 6.42 Å². The van der Waals surface area contributed by atoms with Crippen molar-refractivity contribution in [3.05, 3.63) is 58.6 Å². The van der Waals surface area contributed by atoms with E-state index in [1.54, 1.807) is 38.5 Å². The third-order valence-electron chi connectivity index (χ3n) is 3.71. The average molecular weight is 377 g/mol. The first-order valence-corrected chi connectivity index (χ1v) is 8.43. The van der Waals surface area contributed by atoms with Crippen LogP contribution in [0.25, 0.3) is 0 Å². The third kappa shape index (κ3) is 5.39. The lowest BCUT2D eigenvalue weighted by molar-refractivity contribution is -0.120. The smallest absolute Gasteiger partial charge is 0.253 e. The van der Waals surface area contributed by atoms with Crippen LogP contribution < -0.4 is 20.1 Å². The number of rotatable bonds is 8. The summed E-state index contributed by atoms with van der Waals surface area (Å²) in [4.78, 5) is 23.9. The summed E-state index contributed by atoms with van der Waals surface area (Å²) in [5.41, 5.74) is 1.34. The molecule has 7 heteroatoms. The molecule has 0 saturated carbocycles. The molecule has 0 unspecified atom stereocenters. The minimum atomic E-state index is -0.384. The molecule has 138 valence electrons. The van der Waals surface area contributed by atoms with Crippen molar-refractivity contribution in [1.82, 2.24) is 10.6 Å². The molecule has 2 amide bonds. The average Bonchev–Trinajstić information content (AvgIpc) is 2.66. The standard InChI is InChI=1S/C19H21ClN2O4/c1-25-16-8-7-13(11-17(16)26-2)9-10-21-18(23)12-22-19(24)14-5-3-4-6-15(14)20/h3-8,11H,9-10,12H2,1-2H3,(H,21,23)(H,22,24). The van der Waals surface area contributed by atoms with Gasteiger partial charge in [-0.15, -0.1) is 0 Å². The van der Waals surface area contributed by atoms with Crippen molar-refractivity contribution in [1.29, 1.82) is 0 Å². The molecule has 2 N–H and O–H groups in total. The molecule has 0 heterocycles. The maximum atomic E-state index is 12.0. The first-order chi connectivity index (χ1) is 12.5. The van der Waals surface area contributed by atoms with E-state index in [-0.39, 0.29) is 18.4 Å². The van der Waals surface area contributed by atoms with Crippen LogP contribution in [0.3, 0.4) is 0 Å². The summed E-state index contributed by atoms with van der Waals surface area (Å²) >= 11 is 5.95. The van der Waals surface area contributed by atoms with E-state index in [1.165, 1.54) is 0 Å². The molecule has 0 radical (unpaired) electrons. The molecule has 0 aliphatic carbocycles. The second kappa shape index (κ2) is 9.68. The molecular formula is C19H21ClN2O4. The van der Waals surface area contributed by atoms with E-state index in [9.17, 15) is 9.59 Å². The van der Waals surface area contributed by atoms with Crippen LogP contribution in [0.4, 0.5) is 0 Å². The Balaban J connectivity index is 1.77. The van der Waals surface area contributed by atoms with Crippen molar-refractivity contribution in [2.24, 2.45) is 0 Å². The molecule has 2 aromatic rings. The van der Waals surface area contributed by atoms with Gasteiger partial charge in [-0.1, -0.05) is 29.8 Å². The molecule has 6 nitrogen and oxygen atoms in total. The zero-order valence-corrected chi connectivity index (χ0v) is 15.4. The number of halogens is 1. The van der Waals surface area contributed by atoms with E-state index in [1.807, 2.05) is 18.2 Å². The lowest BCUT2D eigenvalue weighted by Crippen LogP contribution is -2.37. The molecule has 0 aromatic heterocycles. The van der Waals surface area contributed by atoms with Gasteiger partial charge in [-0.2, -0.15) is 0 Å². The van der Waals surface area contributed by atoms with E-state index in [0.717, 1.165) is 5.56 Å². The number of nitrogens with one attached hydrogen (secondary N) is 2. The Morgan fingerprint density at radius 3 is 2.42 bits per heavy atom. The largest absolute Gasteiger partial charge is 0.493 e. The summed E-state index contributed by atoms with van der Waals surface area (Å²) in [6.07, 6.45) is 0.630. The normalized spacial score (nSPS) is 10.1. The van der Waals surface area contributed by atoms with E-state index >= 15 is 0 Å². The van der Waals surface area contributed by atoms with Crippen LogP contribution >= 0.6 is 11.6 Å². The first-order valence-electron chi connectivity index (χ1n) is 8.05. The van der Waals surface area contributed by atoms with Crippen molar-refractivity contribution in [3.63, 3.8) is 0 Å². The molecule has 26 heavy (non-hydrogen) atoms. The number of hydrogen-bond donors (Lipinski definition) is 2. The maximum Gasteiger partial charge on any atom is 0.253 e. The van der Waals surface area contributed by atoms with Gasteiger partial charge in [0.25, 0.3) is 5.91 Å². The van der Waals surface area contributed by atoms with Gasteiger partial charge in [0, 0.05) is 6.54 Å². The summed E-state index contributed by atoms with van der Waals surface area (Å²) in [7, 11) is 3.15. The number of benzene rings is 2. The summed E-state index contributed by atoms with van der Waals surface area (Å²) in [6.45, 7) is 0.326. The Kier molecular flexibility index (Phi) is 7.29. The molecule has 0 bridgehead atoms. The zero-order chi connectivity index (χ0) is 18.9. The van der Waals surface area contributed by atoms with Gasteiger partial charge < -0.3 is 20.1 Å². The Hall–Kier alpha value is -2.73. The highest BCUT2D eigenvalue weighted by molar-refractivity contribution is 6.33. The van der Waals surface area contributed by atoms with E-state index in [4.69, 9.17) is 21.1 Å². The zero-order valence-electron chi connectivity index (χ0n) is 14.7. The lowest BCUT2D eigenvalue weighted by Gasteiger charge is -2.10. The van der Waals surface area contributed by atoms with Gasteiger partial charge in [0.1, 0.15) is 0 Å². The molecule has 0 aliphatic rings. The quantitative estimate of drug-likeness (QED) is 0.742. The predicted molar refractivity (Wildman–Crippen MR) is 100 cm³/mol. The number of carbonyl (C=O) groups is 2. The molecular weight excluding hydrogens is 356 g/mol.